The molecule has 0 N–H and O–H groups in total. The van der Waals surface area contributed by atoms with Crippen molar-refractivity contribution in [3.8, 4) is 16.9 Å². The first kappa shape index (κ1) is 26.0. The van der Waals surface area contributed by atoms with Crippen LogP contribution in [0.5, 0.6) is 5.75 Å². The maximum atomic E-state index is 14.6. The van der Waals surface area contributed by atoms with Crippen LogP contribution in [0, 0.1) is 46.9 Å². The molecule has 2 aliphatic rings. The van der Waals surface area contributed by atoms with Gasteiger partial charge in [-0.05, 0) is 80.4 Å². The van der Waals surface area contributed by atoms with Gasteiger partial charge in [0.15, 0.2) is 23.2 Å². The van der Waals surface area contributed by atoms with E-state index in [0.717, 1.165) is 36.7 Å². The zero-order chi connectivity index (χ0) is 24.8. The van der Waals surface area contributed by atoms with Crippen molar-refractivity contribution in [2.75, 3.05) is 6.61 Å². The molecule has 0 bridgehead atoms. The summed E-state index contributed by atoms with van der Waals surface area (Å²) in [6.07, 6.45) is 15.4. The molecule has 2 fully saturated rings. The largest absolute Gasteiger partial charge is 0.490 e. The van der Waals surface area contributed by atoms with Gasteiger partial charge in [-0.1, -0.05) is 57.6 Å². The third kappa shape index (κ3) is 6.40. The fourth-order valence-electron chi connectivity index (χ4n) is 6.42. The minimum atomic E-state index is -1.23. The lowest BCUT2D eigenvalue weighted by Crippen LogP contribution is -2.26. The molecule has 0 amide bonds. The van der Waals surface area contributed by atoms with E-state index in [2.05, 4.69) is 6.92 Å². The van der Waals surface area contributed by atoms with Crippen LogP contribution in [0.2, 0.25) is 0 Å². The lowest BCUT2D eigenvalue weighted by atomic mass is 9.68. The second kappa shape index (κ2) is 12.3. The summed E-state index contributed by atoms with van der Waals surface area (Å²) in [6, 6.07) is 5.96. The molecule has 0 atom stereocenters. The molecule has 5 heteroatoms. The van der Waals surface area contributed by atoms with Crippen LogP contribution in [0.1, 0.15) is 84.0 Å². The molecule has 2 saturated carbocycles. The highest BCUT2D eigenvalue weighted by atomic mass is 19.2. The number of hydrogen-bond donors (Lipinski definition) is 0. The zero-order valence-electron chi connectivity index (χ0n) is 20.8. The van der Waals surface area contributed by atoms with Gasteiger partial charge in [-0.25, -0.2) is 13.2 Å². The minimum Gasteiger partial charge on any atom is -0.490 e. The van der Waals surface area contributed by atoms with Gasteiger partial charge in [-0.3, -0.25) is 0 Å². The van der Waals surface area contributed by atoms with Gasteiger partial charge in [0.05, 0.1) is 6.61 Å². The van der Waals surface area contributed by atoms with Gasteiger partial charge in [0.2, 0.25) is 5.82 Å². The van der Waals surface area contributed by atoms with E-state index in [1.54, 1.807) is 0 Å². The van der Waals surface area contributed by atoms with Crippen LogP contribution in [0.4, 0.5) is 17.6 Å². The molecule has 0 heterocycles. The molecule has 0 aromatic heterocycles. The van der Waals surface area contributed by atoms with E-state index in [1.165, 1.54) is 88.5 Å². The number of ether oxygens (including phenoxy) is 1. The van der Waals surface area contributed by atoms with E-state index in [9.17, 15) is 17.6 Å². The number of benzene rings is 2. The maximum Gasteiger partial charge on any atom is 0.201 e. The highest BCUT2D eigenvalue weighted by molar-refractivity contribution is 5.66. The molecule has 2 aromatic rings. The monoisotopic (exact) mass is 490 g/mol. The zero-order valence-corrected chi connectivity index (χ0v) is 20.8. The van der Waals surface area contributed by atoms with Crippen molar-refractivity contribution in [3.63, 3.8) is 0 Å². The van der Waals surface area contributed by atoms with Gasteiger partial charge in [0.1, 0.15) is 0 Å². The van der Waals surface area contributed by atoms with E-state index in [0.29, 0.717) is 12.5 Å². The van der Waals surface area contributed by atoms with Crippen LogP contribution in [0.15, 0.2) is 30.3 Å². The maximum absolute atomic E-state index is 14.6. The smallest absolute Gasteiger partial charge is 0.201 e. The Morgan fingerprint density at radius 3 is 1.91 bits per heavy atom. The number of hydrogen-bond acceptors (Lipinski definition) is 1. The molecule has 2 aromatic carbocycles. The van der Waals surface area contributed by atoms with Crippen molar-refractivity contribution in [1.29, 1.82) is 0 Å². The Balaban J connectivity index is 1.20. The van der Waals surface area contributed by atoms with Gasteiger partial charge in [-0.15, -0.1) is 0 Å². The van der Waals surface area contributed by atoms with Crippen LogP contribution in [0.25, 0.3) is 11.1 Å². The van der Waals surface area contributed by atoms with E-state index >= 15 is 0 Å². The van der Waals surface area contributed by atoms with E-state index in [1.807, 2.05) is 0 Å². The fraction of sp³-hybridized carbons (Fsp3) is 0.600. The van der Waals surface area contributed by atoms with Gasteiger partial charge < -0.3 is 4.74 Å². The van der Waals surface area contributed by atoms with Crippen LogP contribution in [-0.2, 0) is 0 Å². The second-order valence-corrected chi connectivity index (χ2v) is 10.7. The first-order chi connectivity index (χ1) is 17.0. The summed E-state index contributed by atoms with van der Waals surface area (Å²) in [5, 5.41) is 0. The molecule has 1 nitrogen and oxygen atoms in total. The van der Waals surface area contributed by atoms with Crippen LogP contribution >= 0.6 is 0 Å². The summed E-state index contributed by atoms with van der Waals surface area (Å²) in [5.41, 5.74) is -0.625. The molecular formula is C30H38F4O. The Kier molecular flexibility index (Phi) is 9.13. The van der Waals surface area contributed by atoms with Gasteiger partial charge >= 0.3 is 0 Å². The van der Waals surface area contributed by atoms with E-state index in [4.69, 9.17) is 4.74 Å². The first-order valence-electron chi connectivity index (χ1n) is 13.5. The van der Waals surface area contributed by atoms with Crippen molar-refractivity contribution < 1.29 is 22.3 Å². The summed E-state index contributed by atoms with van der Waals surface area (Å²) in [4.78, 5) is 0. The molecule has 192 valence electrons. The minimum absolute atomic E-state index is 0.189. The summed E-state index contributed by atoms with van der Waals surface area (Å²) in [7, 11) is 0. The molecule has 35 heavy (non-hydrogen) atoms. The molecule has 2 aliphatic carbocycles. The average molecular weight is 491 g/mol. The van der Waals surface area contributed by atoms with Crippen molar-refractivity contribution >= 4 is 0 Å². The topological polar surface area (TPSA) is 9.23 Å². The molecule has 0 spiro atoms. The summed E-state index contributed by atoms with van der Waals surface area (Å²) in [5.74, 6) is -1.41. The van der Waals surface area contributed by atoms with Crippen molar-refractivity contribution in [1.82, 2.24) is 0 Å². The Bertz CT molecular complexity index is 959. The lowest BCUT2D eigenvalue weighted by molar-refractivity contribution is 0.138. The van der Waals surface area contributed by atoms with Gasteiger partial charge in [-0.2, -0.15) is 4.39 Å². The molecular weight excluding hydrogens is 452 g/mol. The Labute approximate surface area is 207 Å². The lowest BCUT2D eigenvalue weighted by Gasteiger charge is -2.38. The predicted octanol–water partition coefficient (Wildman–Crippen LogP) is 9.48. The third-order valence-electron chi connectivity index (χ3n) is 8.45. The highest BCUT2D eigenvalue weighted by Gasteiger charge is 2.30. The predicted molar refractivity (Wildman–Crippen MR) is 132 cm³/mol. The normalized spacial score (nSPS) is 24.9. The van der Waals surface area contributed by atoms with Gasteiger partial charge in [0, 0.05) is 11.1 Å². The highest BCUT2D eigenvalue weighted by Crippen LogP contribution is 2.43. The first-order valence-corrected chi connectivity index (χ1v) is 13.5. The Hall–Kier alpha value is -2.04. The number of halogens is 4. The van der Waals surface area contributed by atoms with Crippen molar-refractivity contribution in [2.24, 2.45) is 23.7 Å². The third-order valence-corrected chi connectivity index (χ3v) is 8.45. The summed E-state index contributed by atoms with van der Waals surface area (Å²) in [6.45, 7) is 2.60. The Morgan fingerprint density at radius 1 is 0.686 bits per heavy atom. The average Bonchev–Trinajstić information content (AvgIpc) is 2.87. The quantitative estimate of drug-likeness (QED) is 0.251. The molecule has 4 rings (SSSR count). The van der Waals surface area contributed by atoms with Crippen molar-refractivity contribution in [3.05, 3.63) is 53.6 Å². The summed E-state index contributed by atoms with van der Waals surface area (Å²) < 4.78 is 62.1. The van der Waals surface area contributed by atoms with E-state index < -0.39 is 23.3 Å². The summed E-state index contributed by atoms with van der Waals surface area (Å²) >= 11 is 0. The molecule has 0 saturated heterocycles. The van der Waals surface area contributed by atoms with E-state index in [-0.39, 0.29) is 16.9 Å². The molecule has 0 radical (unpaired) electrons. The molecule has 0 unspecified atom stereocenters. The van der Waals surface area contributed by atoms with Crippen molar-refractivity contribution in [2.45, 2.75) is 84.0 Å². The second-order valence-electron chi connectivity index (χ2n) is 10.7. The number of rotatable bonds is 9. The standard InChI is InChI=1S/C30H38F4O/c1-2-5-20-9-13-22(14-10-20)23-15-11-21(12-16-23)6-4-19-35-27-18-17-25(29(33)30(27)34)24-7-3-8-26(31)28(24)32/h3,7-8,17-18,20-23H,2,4-6,9-16,19H2,1H3. The fourth-order valence-corrected chi connectivity index (χ4v) is 6.42. The Morgan fingerprint density at radius 2 is 1.29 bits per heavy atom. The van der Waals surface area contributed by atoms with Crippen LogP contribution < -0.4 is 4.74 Å². The van der Waals surface area contributed by atoms with Crippen LogP contribution in [0.3, 0.4) is 0 Å². The van der Waals surface area contributed by atoms with Crippen LogP contribution in [-0.4, -0.2) is 6.61 Å². The van der Waals surface area contributed by atoms with Gasteiger partial charge in [0.25, 0.3) is 0 Å². The SMILES string of the molecule is CCCC1CCC(C2CCC(CCCOc3ccc(-c4cccc(F)c4F)c(F)c3F)CC2)CC1. The molecule has 0 aliphatic heterocycles.